The maximum Gasteiger partial charge on any atom is 0.226 e. The van der Waals surface area contributed by atoms with E-state index in [4.69, 9.17) is 28.9 Å². The number of hydrogen-bond donors (Lipinski definition) is 1. The lowest BCUT2D eigenvalue weighted by Gasteiger charge is -2.35. The van der Waals surface area contributed by atoms with E-state index in [1.807, 2.05) is 24.0 Å². The highest BCUT2D eigenvalue weighted by Crippen LogP contribution is 2.51. The molecule has 1 amide bonds. The third-order valence-electron chi connectivity index (χ3n) is 4.98. The lowest BCUT2D eigenvalue weighted by atomic mass is 9.92. The van der Waals surface area contributed by atoms with Gasteiger partial charge in [0.25, 0.3) is 0 Å². The van der Waals surface area contributed by atoms with Crippen molar-refractivity contribution in [3.05, 3.63) is 33.8 Å². The highest BCUT2D eigenvalue weighted by atomic mass is 35.5. The molecule has 1 aromatic carbocycles. The Bertz CT molecular complexity index is 576. The number of benzene rings is 1. The zero-order valence-corrected chi connectivity index (χ0v) is 14.3. The van der Waals surface area contributed by atoms with Gasteiger partial charge in [0.15, 0.2) is 0 Å². The highest BCUT2D eigenvalue weighted by Gasteiger charge is 2.47. The average Bonchev–Trinajstić information content (AvgIpc) is 3.27. The average molecular weight is 341 g/mol. The molecular formula is C17H22Cl2N2O. The summed E-state index contributed by atoms with van der Waals surface area (Å²) in [5.74, 6) is 1.01. The molecule has 1 aliphatic carbocycles. The summed E-state index contributed by atoms with van der Waals surface area (Å²) in [6, 6.07) is 5.70. The largest absolute Gasteiger partial charge is 0.342 e. The number of carbonyl (C=O) groups excluding carboxylic acids is 1. The van der Waals surface area contributed by atoms with Crippen molar-refractivity contribution in [1.82, 2.24) is 4.90 Å². The number of carbonyl (C=O) groups is 1. The van der Waals surface area contributed by atoms with E-state index in [0.29, 0.717) is 16.0 Å². The van der Waals surface area contributed by atoms with E-state index in [9.17, 15) is 4.79 Å². The monoisotopic (exact) mass is 340 g/mol. The molecule has 4 atom stereocenters. The van der Waals surface area contributed by atoms with Gasteiger partial charge in [0, 0.05) is 35.1 Å². The Labute approximate surface area is 141 Å². The first-order valence-corrected chi connectivity index (χ1v) is 8.72. The number of halogens is 2. The van der Waals surface area contributed by atoms with Gasteiger partial charge in [0.05, 0.1) is 0 Å². The predicted molar refractivity (Wildman–Crippen MR) is 90.3 cm³/mol. The van der Waals surface area contributed by atoms with Crippen LogP contribution in [0.2, 0.25) is 10.0 Å². The second-order valence-corrected chi connectivity index (χ2v) is 7.50. The molecule has 0 bridgehead atoms. The van der Waals surface area contributed by atoms with Gasteiger partial charge in [0.2, 0.25) is 5.91 Å². The molecule has 1 aliphatic heterocycles. The van der Waals surface area contributed by atoms with Gasteiger partial charge >= 0.3 is 0 Å². The van der Waals surface area contributed by atoms with E-state index in [1.165, 1.54) is 0 Å². The van der Waals surface area contributed by atoms with Crippen LogP contribution in [-0.4, -0.2) is 29.9 Å². The molecule has 1 heterocycles. The number of piperidine rings is 1. The van der Waals surface area contributed by atoms with Crippen molar-refractivity contribution in [2.45, 2.75) is 38.1 Å². The zero-order valence-electron chi connectivity index (χ0n) is 12.8. The summed E-state index contributed by atoms with van der Waals surface area (Å²) in [4.78, 5) is 14.7. The molecule has 2 aliphatic rings. The molecule has 3 nitrogen and oxygen atoms in total. The summed E-state index contributed by atoms with van der Waals surface area (Å²) in [6.45, 7) is 3.69. The van der Waals surface area contributed by atoms with Gasteiger partial charge in [-0.3, -0.25) is 4.79 Å². The first-order chi connectivity index (χ1) is 10.5. The van der Waals surface area contributed by atoms with E-state index in [-0.39, 0.29) is 23.8 Å². The molecule has 3 rings (SSSR count). The van der Waals surface area contributed by atoms with Crippen molar-refractivity contribution in [2.75, 3.05) is 13.1 Å². The Morgan fingerprint density at radius 1 is 1.41 bits per heavy atom. The van der Waals surface area contributed by atoms with Crippen LogP contribution in [-0.2, 0) is 4.79 Å². The first kappa shape index (κ1) is 16.1. The minimum Gasteiger partial charge on any atom is -0.342 e. The second-order valence-electron chi connectivity index (χ2n) is 6.66. The van der Waals surface area contributed by atoms with Crippen molar-refractivity contribution in [3.8, 4) is 0 Å². The maximum atomic E-state index is 12.7. The van der Waals surface area contributed by atoms with E-state index < -0.39 is 0 Å². The molecule has 5 heteroatoms. The van der Waals surface area contributed by atoms with Gasteiger partial charge in [-0.05, 0) is 55.7 Å². The fourth-order valence-electron chi connectivity index (χ4n) is 3.49. The van der Waals surface area contributed by atoms with Gasteiger partial charge in [0.1, 0.15) is 0 Å². The number of nitrogens with zero attached hydrogens (tertiary/aromatic N) is 1. The van der Waals surface area contributed by atoms with Gasteiger partial charge < -0.3 is 10.6 Å². The van der Waals surface area contributed by atoms with Crippen LogP contribution < -0.4 is 5.73 Å². The summed E-state index contributed by atoms with van der Waals surface area (Å²) in [6.07, 6.45) is 3.06. The minimum absolute atomic E-state index is 0.0745. The van der Waals surface area contributed by atoms with Crippen LogP contribution in [0.25, 0.3) is 0 Å². The molecule has 4 unspecified atom stereocenters. The Kier molecular flexibility index (Phi) is 4.67. The van der Waals surface area contributed by atoms with Crippen LogP contribution in [0.5, 0.6) is 0 Å². The smallest absolute Gasteiger partial charge is 0.226 e. The van der Waals surface area contributed by atoms with Crippen LogP contribution in [0.4, 0.5) is 0 Å². The first-order valence-electron chi connectivity index (χ1n) is 7.96. The van der Waals surface area contributed by atoms with Crippen molar-refractivity contribution < 1.29 is 4.79 Å². The zero-order chi connectivity index (χ0) is 15.9. The molecule has 120 valence electrons. The summed E-state index contributed by atoms with van der Waals surface area (Å²) >= 11 is 12.2. The van der Waals surface area contributed by atoms with Crippen molar-refractivity contribution >= 4 is 29.1 Å². The minimum atomic E-state index is 0.0745. The molecule has 1 aromatic rings. The molecule has 0 spiro atoms. The SMILES string of the molecule is CC(N)C1CCCN(C(=O)C2CC2c2ccc(Cl)cc2Cl)C1. The predicted octanol–water partition coefficient (Wildman–Crippen LogP) is 3.68. The van der Waals surface area contributed by atoms with Crippen LogP contribution in [0.1, 0.15) is 37.7 Å². The van der Waals surface area contributed by atoms with Crippen LogP contribution in [0.3, 0.4) is 0 Å². The molecule has 22 heavy (non-hydrogen) atoms. The third kappa shape index (κ3) is 3.27. The molecule has 0 radical (unpaired) electrons. The topological polar surface area (TPSA) is 46.3 Å². The Morgan fingerprint density at radius 3 is 2.86 bits per heavy atom. The molecule has 1 saturated carbocycles. The Hall–Kier alpha value is -0.770. The summed E-state index contributed by atoms with van der Waals surface area (Å²) in [5, 5.41) is 1.30. The number of hydrogen-bond acceptors (Lipinski definition) is 2. The summed E-state index contributed by atoms with van der Waals surface area (Å²) in [5.41, 5.74) is 7.05. The van der Waals surface area contributed by atoms with E-state index in [0.717, 1.165) is 37.9 Å². The summed E-state index contributed by atoms with van der Waals surface area (Å²) < 4.78 is 0. The van der Waals surface area contributed by atoms with E-state index in [2.05, 4.69) is 0 Å². The van der Waals surface area contributed by atoms with Crippen molar-refractivity contribution in [2.24, 2.45) is 17.6 Å². The third-order valence-corrected chi connectivity index (χ3v) is 5.55. The molecular weight excluding hydrogens is 319 g/mol. The lowest BCUT2D eigenvalue weighted by Crippen LogP contribution is -2.45. The van der Waals surface area contributed by atoms with Crippen LogP contribution >= 0.6 is 23.2 Å². The second kappa shape index (κ2) is 6.38. The molecule has 2 fully saturated rings. The standard InChI is InChI=1S/C17H22Cl2N2O/c1-10(20)11-3-2-6-21(9-11)17(22)15-8-14(15)13-5-4-12(18)7-16(13)19/h4-5,7,10-11,14-15H,2-3,6,8-9,20H2,1H3. The maximum absolute atomic E-state index is 12.7. The van der Waals surface area contributed by atoms with E-state index >= 15 is 0 Å². The van der Waals surface area contributed by atoms with Gasteiger partial charge in [-0.1, -0.05) is 29.3 Å². The number of rotatable bonds is 3. The Morgan fingerprint density at radius 2 is 2.18 bits per heavy atom. The molecule has 2 N–H and O–H groups in total. The molecule has 0 aromatic heterocycles. The lowest BCUT2D eigenvalue weighted by molar-refractivity contribution is -0.134. The van der Waals surface area contributed by atoms with Crippen molar-refractivity contribution in [1.29, 1.82) is 0 Å². The number of nitrogens with two attached hydrogens (primary N) is 1. The summed E-state index contributed by atoms with van der Waals surface area (Å²) in [7, 11) is 0. The van der Waals surface area contributed by atoms with Gasteiger partial charge in [-0.15, -0.1) is 0 Å². The van der Waals surface area contributed by atoms with Gasteiger partial charge in [-0.25, -0.2) is 0 Å². The quantitative estimate of drug-likeness (QED) is 0.912. The normalized spacial score (nSPS) is 29.3. The van der Waals surface area contributed by atoms with E-state index in [1.54, 1.807) is 6.07 Å². The Balaban J connectivity index is 1.65. The van der Waals surface area contributed by atoms with Crippen LogP contribution in [0, 0.1) is 11.8 Å². The van der Waals surface area contributed by atoms with Crippen molar-refractivity contribution in [3.63, 3.8) is 0 Å². The number of likely N-dealkylation sites (tertiary alicyclic amines) is 1. The fourth-order valence-corrected chi connectivity index (χ4v) is 4.04. The van der Waals surface area contributed by atoms with Gasteiger partial charge in [-0.2, -0.15) is 0 Å². The fraction of sp³-hybridized carbons (Fsp3) is 0.588. The number of amides is 1. The highest BCUT2D eigenvalue weighted by molar-refractivity contribution is 6.35. The molecule has 1 saturated heterocycles. The van der Waals surface area contributed by atoms with Crippen LogP contribution in [0.15, 0.2) is 18.2 Å².